The molecule has 1 heterocycles. The minimum atomic E-state index is -0.330. The molecule has 0 radical (unpaired) electrons. The second kappa shape index (κ2) is 2.91. The fourth-order valence-electron chi connectivity index (χ4n) is 1.13. The summed E-state index contributed by atoms with van der Waals surface area (Å²) in [6.45, 7) is 0. The van der Waals surface area contributed by atoms with E-state index in [0.717, 1.165) is 11.0 Å². The molecule has 0 fully saturated rings. The maximum Gasteiger partial charge on any atom is 0.504 e. The summed E-state index contributed by atoms with van der Waals surface area (Å²) in [5.74, 6) is 0.577. The first-order chi connectivity index (χ1) is 5.92. The van der Waals surface area contributed by atoms with E-state index in [4.69, 9.17) is 14.1 Å². The number of hydrogen-bond donors (Lipinski definition) is 1. The predicted octanol–water partition coefficient (Wildman–Crippen LogP) is 1.07. The molecule has 0 bridgehead atoms. The molecule has 0 unspecified atom stereocenters. The van der Waals surface area contributed by atoms with Crippen LogP contribution in [0, 0.1) is 0 Å². The summed E-state index contributed by atoms with van der Waals surface area (Å²) < 4.78 is 10.1. The lowest BCUT2D eigenvalue weighted by Crippen LogP contribution is -1.98. The van der Waals surface area contributed by atoms with E-state index in [2.05, 4.69) is 0 Å². The molecule has 0 aliphatic carbocycles. The Hall–Kier alpha value is -1.42. The Morgan fingerprint density at radius 1 is 1.33 bits per heavy atom. The molecule has 0 saturated carbocycles. The normalized spacial score (nSPS) is 10.1. The molecule has 12 heavy (non-hydrogen) atoms. The summed E-state index contributed by atoms with van der Waals surface area (Å²) >= 11 is 0. The fourth-order valence-corrected chi connectivity index (χ4v) is 1.13. The Morgan fingerprint density at radius 2 is 2.17 bits per heavy atom. The zero-order chi connectivity index (χ0) is 8.39. The fraction of sp³-hybridized carbons (Fsp3) is 0. The van der Waals surface area contributed by atoms with Crippen LogP contribution in [0.4, 0.5) is 0 Å². The van der Waals surface area contributed by atoms with E-state index in [0.29, 0.717) is 5.75 Å². The van der Waals surface area contributed by atoms with Crippen molar-refractivity contribution in [1.29, 1.82) is 0 Å². The molecule has 4 heteroatoms. The highest BCUT2D eigenvalue weighted by Crippen LogP contribution is 2.26. The van der Waals surface area contributed by atoms with Crippen molar-refractivity contribution < 1.29 is 14.1 Å². The van der Waals surface area contributed by atoms with Gasteiger partial charge in [-0.25, -0.2) is 0 Å². The molecule has 0 atom stereocenters. The van der Waals surface area contributed by atoms with Crippen LogP contribution in [0.5, 0.6) is 5.75 Å². The van der Waals surface area contributed by atoms with Crippen LogP contribution in [0.1, 0.15) is 0 Å². The number of para-hydroxylation sites is 1. The van der Waals surface area contributed by atoms with Crippen molar-refractivity contribution in [1.82, 2.24) is 0 Å². The largest absolute Gasteiger partial charge is 0.536 e. The van der Waals surface area contributed by atoms with Gasteiger partial charge >= 0.3 is 7.69 Å². The molecule has 0 spiro atoms. The summed E-state index contributed by atoms with van der Waals surface area (Å²) in [6.07, 6.45) is 1.49. The van der Waals surface area contributed by atoms with E-state index in [9.17, 15) is 0 Å². The van der Waals surface area contributed by atoms with E-state index in [-0.39, 0.29) is 7.69 Å². The average molecular weight is 162 g/mol. The van der Waals surface area contributed by atoms with E-state index in [1.165, 1.54) is 6.26 Å². The summed E-state index contributed by atoms with van der Waals surface area (Å²) in [4.78, 5) is 0. The number of benzene rings is 1. The van der Waals surface area contributed by atoms with E-state index < -0.39 is 0 Å². The highest BCUT2D eigenvalue weighted by molar-refractivity contribution is 6.18. The first-order valence-electron chi connectivity index (χ1n) is 3.61. The van der Waals surface area contributed by atoms with Gasteiger partial charge in [0.05, 0.1) is 5.39 Å². The Morgan fingerprint density at radius 3 is 3.00 bits per heavy atom. The molecule has 1 N–H and O–H groups in total. The van der Waals surface area contributed by atoms with Crippen LogP contribution in [0.2, 0.25) is 0 Å². The molecule has 0 aliphatic rings. The van der Waals surface area contributed by atoms with Crippen molar-refractivity contribution in [2.24, 2.45) is 0 Å². The maximum atomic E-state index is 8.53. The van der Waals surface area contributed by atoms with Gasteiger partial charge in [-0.15, -0.1) is 0 Å². The van der Waals surface area contributed by atoms with E-state index in [1.54, 1.807) is 0 Å². The Kier molecular flexibility index (Phi) is 1.76. The Labute approximate surface area is 69.9 Å². The van der Waals surface area contributed by atoms with Crippen LogP contribution in [0.15, 0.2) is 34.9 Å². The third kappa shape index (κ3) is 1.06. The van der Waals surface area contributed by atoms with Crippen molar-refractivity contribution in [2.45, 2.75) is 0 Å². The van der Waals surface area contributed by atoms with Gasteiger partial charge < -0.3 is 14.1 Å². The molecule has 3 nitrogen and oxygen atoms in total. The van der Waals surface area contributed by atoms with Crippen LogP contribution in [-0.4, -0.2) is 12.7 Å². The minimum Gasteiger partial charge on any atom is -0.536 e. The zero-order valence-corrected chi connectivity index (χ0v) is 6.36. The molecule has 0 aliphatic heterocycles. The van der Waals surface area contributed by atoms with Crippen molar-refractivity contribution in [3.63, 3.8) is 0 Å². The minimum absolute atomic E-state index is 0.330. The van der Waals surface area contributed by atoms with Gasteiger partial charge in [-0.1, -0.05) is 12.1 Å². The lowest BCUT2D eigenvalue weighted by atomic mass is 10.2. The van der Waals surface area contributed by atoms with Gasteiger partial charge in [0, 0.05) is 0 Å². The number of furan rings is 1. The molecule has 1 aromatic heterocycles. The average Bonchev–Trinajstić information content (AvgIpc) is 2.50. The number of hydrogen-bond acceptors (Lipinski definition) is 3. The summed E-state index contributed by atoms with van der Waals surface area (Å²) in [7, 11) is -0.330. The van der Waals surface area contributed by atoms with E-state index >= 15 is 0 Å². The monoisotopic (exact) mass is 162 g/mol. The quantitative estimate of drug-likeness (QED) is 0.671. The molecular weight excluding hydrogens is 155 g/mol. The van der Waals surface area contributed by atoms with Gasteiger partial charge in [0.15, 0.2) is 0 Å². The maximum absolute atomic E-state index is 8.53. The van der Waals surface area contributed by atoms with Crippen LogP contribution >= 0.6 is 0 Å². The van der Waals surface area contributed by atoms with Crippen molar-refractivity contribution in [3.05, 3.63) is 30.5 Å². The summed E-state index contributed by atoms with van der Waals surface area (Å²) in [6, 6.07) is 7.50. The molecule has 2 aromatic rings. The van der Waals surface area contributed by atoms with E-state index in [1.807, 2.05) is 24.3 Å². The third-order valence-corrected chi connectivity index (χ3v) is 1.67. The summed E-state index contributed by atoms with van der Waals surface area (Å²) in [5.41, 5.74) is 0.765. The smallest absolute Gasteiger partial charge is 0.504 e. The van der Waals surface area contributed by atoms with Gasteiger partial charge in [0.2, 0.25) is 0 Å². The molecule has 60 valence electrons. The topological polar surface area (TPSA) is 42.6 Å². The van der Waals surface area contributed by atoms with Crippen molar-refractivity contribution in [3.8, 4) is 5.75 Å². The first-order valence-corrected chi connectivity index (χ1v) is 3.61. The standard InChI is InChI=1S/C8H7BO3/c10-9-12-8-5-11-7-4-2-1-3-6(7)8/h1-5,9-10H. The highest BCUT2D eigenvalue weighted by atomic mass is 16.5. The van der Waals surface area contributed by atoms with Crippen molar-refractivity contribution >= 4 is 18.7 Å². The number of rotatable bonds is 2. The van der Waals surface area contributed by atoms with Crippen LogP contribution in [0.3, 0.4) is 0 Å². The number of fused-ring (bicyclic) bond motifs is 1. The van der Waals surface area contributed by atoms with Crippen LogP contribution < -0.4 is 4.65 Å². The van der Waals surface area contributed by atoms with Crippen molar-refractivity contribution in [2.75, 3.05) is 0 Å². The molecule has 2 rings (SSSR count). The zero-order valence-electron chi connectivity index (χ0n) is 6.36. The van der Waals surface area contributed by atoms with Crippen LogP contribution in [-0.2, 0) is 0 Å². The molecule has 0 amide bonds. The molecule has 0 saturated heterocycles. The van der Waals surface area contributed by atoms with Gasteiger partial charge in [-0.05, 0) is 12.1 Å². The second-order valence-electron chi connectivity index (χ2n) is 2.37. The van der Waals surface area contributed by atoms with Gasteiger partial charge in [-0.3, -0.25) is 0 Å². The lowest BCUT2D eigenvalue weighted by Gasteiger charge is -1.95. The molecular formula is C8H7BO3. The third-order valence-electron chi connectivity index (χ3n) is 1.67. The Balaban J connectivity index is 2.55. The SMILES string of the molecule is OBOc1coc2ccccc12. The molecule has 1 aromatic carbocycles. The second-order valence-corrected chi connectivity index (χ2v) is 2.37. The lowest BCUT2D eigenvalue weighted by molar-refractivity contribution is 0.449. The summed E-state index contributed by atoms with van der Waals surface area (Å²) in [5, 5.41) is 9.41. The highest BCUT2D eigenvalue weighted by Gasteiger charge is 2.04. The predicted molar refractivity (Wildman–Crippen MR) is 46.2 cm³/mol. The van der Waals surface area contributed by atoms with Gasteiger partial charge in [0.1, 0.15) is 17.6 Å². The van der Waals surface area contributed by atoms with Gasteiger partial charge in [-0.2, -0.15) is 0 Å². The van der Waals surface area contributed by atoms with Gasteiger partial charge in [0.25, 0.3) is 0 Å². The van der Waals surface area contributed by atoms with Crippen LogP contribution in [0.25, 0.3) is 11.0 Å². The first kappa shape index (κ1) is 7.25. The Bertz CT molecular complexity index is 382.